The quantitative estimate of drug-likeness (QED) is 0.840. The number of hydrogen-bond donors (Lipinski definition) is 1. The van der Waals surface area contributed by atoms with E-state index in [0.29, 0.717) is 19.8 Å². The first-order valence-electron chi connectivity index (χ1n) is 5.46. The normalized spacial score (nSPS) is 20.4. The van der Waals surface area contributed by atoms with Gasteiger partial charge >= 0.3 is 0 Å². The van der Waals surface area contributed by atoms with E-state index in [1.807, 2.05) is 24.3 Å². The standard InChI is InChI=1S/C12H17NO3/c1-14-11-4-2-10(3-5-11)13-8-12-9-15-6-7-16-12/h2-5,12-13H,6-9H2,1H3/t12-/m1/s1. The minimum Gasteiger partial charge on any atom is -0.497 e. The Morgan fingerprint density at radius 3 is 2.75 bits per heavy atom. The van der Waals surface area contributed by atoms with E-state index in [1.54, 1.807) is 7.11 Å². The molecule has 1 aromatic carbocycles. The molecule has 0 aliphatic carbocycles. The molecular weight excluding hydrogens is 206 g/mol. The second-order valence-electron chi connectivity index (χ2n) is 3.68. The molecule has 4 nitrogen and oxygen atoms in total. The monoisotopic (exact) mass is 223 g/mol. The molecule has 1 aromatic rings. The van der Waals surface area contributed by atoms with Gasteiger partial charge in [0.25, 0.3) is 0 Å². The topological polar surface area (TPSA) is 39.7 Å². The molecule has 0 spiro atoms. The molecule has 0 bridgehead atoms. The summed E-state index contributed by atoms with van der Waals surface area (Å²) in [6, 6.07) is 7.84. The zero-order valence-electron chi connectivity index (χ0n) is 9.44. The van der Waals surface area contributed by atoms with Crippen LogP contribution in [0.4, 0.5) is 5.69 Å². The third-order valence-electron chi connectivity index (χ3n) is 2.51. The van der Waals surface area contributed by atoms with Crippen LogP contribution in [0.2, 0.25) is 0 Å². The van der Waals surface area contributed by atoms with E-state index < -0.39 is 0 Å². The molecule has 1 saturated heterocycles. The Labute approximate surface area is 95.5 Å². The maximum Gasteiger partial charge on any atom is 0.119 e. The van der Waals surface area contributed by atoms with Gasteiger partial charge in [-0.2, -0.15) is 0 Å². The Kier molecular flexibility index (Phi) is 4.02. The van der Waals surface area contributed by atoms with Crippen molar-refractivity contribution in [1.82, 2.24) is 0 Å². The first-order valence-corrected chi connectivity index (χ1v) is 5.46. The Morgan fingerprint density at radius 1 is 1.31 bits per heavy atom. The van der Waals surface area contributed by atoms with E-state index in [0.717, 1.165) is 18.0 Å². The van der Waals surface area contributed by atoms with E-state index in [4.69, 9.17) is 14.2 Å². The first kappa shape index (κ1) is 11.2. The maximum atomic E-state index is 5.53. The Bertz CT molecular complexity index is 307. The van der Waals surface area contributed by atoms with Gasteiger partial charge in [0, 0.05) is 12.2 Å². The van der Waals surface area contributed by atoms with Crippen LogP contribution in [0.25, 0.3) is 0 Å². The van der Waals surface area contributed by atoms with Gasteiger partial charge in [0.1, 0.15) is 5.75 Å². The number of methoxy groups -OCH3 is 1. The molecule has 0 aromatic heterocycles. The molecule has 0 radical (unpaired) electrons. The van der Waals surface area contributed by atoms with Crippen LogP contribution in [0.5, 0.6) is 5.75 Å². The van der Waals surface area contributed by atoms with Gasteiger partial charge in [0.15, 0.2) is 0 Å². The van der Waals surface area contributed by atoms with Crippen molar-refractivity contribution in [2.24, 2.45) is 0 Å². The lowest BCUT2D eigenvalue weighted by molar-refractivity contribution is -0.0818. The molecule has 4 heteroatoms. The van der Waals surface area contributed by atoms with Crippen LogP contribution < -0.4 is 10.1 Å². The zero-order valence-corrected chi connectivity index (χ0v) is 9.44. The summed E-state index contributed by atoms with van der Waals surface area (Å²) in [5.74, 6) is 0.864. The molecule has 1 atom stereocenters. The fraction of sp³-hybridized carbons (Fsp3) is 0.500. The Hall–Kier alpha value is -1.26. The molecule has 0 amide bonds. The average Bonchev–Trinajstić information content (AvgIpc) is 2.38. The Morgan fingerprint density at radius 2 is 2.12 bits per heavy atom. The third-order valence-corrected chi connectivity index (χ3v) is 2.51. The van der Waals surface area contributed by atoms with Gasteiger partial charge in [-0.1, -0.05) is 0 Å². The van der Waals surface area contributed by atoms with Gasteiger partial charge in [-0.25, -0.2) is 0 Å². The number of anilines is 1. The molecular formula is C12H17NO3. The number of hydrogen-bond acceptors (Lipinski definition) is 4. The highest BCUT2D eigenvalue weighted by molar-refractivity contribution is 5.46. The fourth-order valence-electron chi connectivity index (χ4n) is 1.60. The van der Waals surface area contributed by atoms with Crippen LogP contribution in [0, 0.1) is 0 Å². The highest BCUT2D eigenvalue weighted by Gasteiger charge is 2.13. The van der Waals surface area contributed by atoms with Crippen LogP contribution in [-0.2, 0) is 9.47 Å². The van der Waals surface area contributed by atoms with Crippen LogP contribution in [0.15, 0.2) is 24.3 Å². The van der Waals surface area contributed by atoms with E-state index in [9.17, 15) is 0 Å². The minimum absolute atomic E-state index is 0.149. The number of benzene rings is 1. The summed E-state index contributed by atoms with van der Waals surface area (Å²) < 4.78 is 15.9. The fourth-order valence-corrected chi connectivity index (χ4v) is 1.60. The molecule has 1 fully saturated rings. The second-order valence-corrected chi connectivity index (χ2v) is 3.68. The van der Waals surface area contributed by atoms with E-state index in [1.165, 1.54) is 0 Å². The summed E-state index contributed by atoms with van der Waals surface area (Å²) in [5, 5.41) is 3.31. The summed E-state index contributed by atoms with van der Waals surface area (Å²) in [5.41, 5.74) is 1.06. The van der Waals surface area contributed by atoms with E-state index in [-0.39, 0.29) is 6.10 Å². The number of rotatable bonds is 4. The van der Waals surface area contributed by atoms with Crippen molar-refractivity contribution in [2.75, 3.05) is 38.8 Å². The third kappa shape index (κ3) is 3.12. The molecule has 0 saturated carbocycles. The van der Waals surface area contributed by atoms with Crippen molar-refractivity contribution in [3.05, 3.63) is 24.3 Å². The summed E-state index contributed by atoms with van der Waals surface area (Å²) >= 11 is 0. The van der Waals surface area contributed by atoms with Crippen LogP contribution in [-0.4, -0.2) is 39.6 Å². The molecule has 1 aliphatic heterocycles. The highest BCUT2D eigenvalue weighted by atomic mass is 16.6. The molecule has 16 heavy (non-hydrogen) atoms. The molecule has 88 valence electrons. The van der Waals surface area contributed by atoms with Crippen molar-refractivity contribution in [3.63, 3.8) is 0 Å². The smallest absolute Gasteiger partial charge is 0.119 e. The Balaban J connectivity index is 1.79. The predicted molar refractivity (Wildman–Crippen MR) is 62.0 cm³/mol. The largest absolute Gasteiger partial charge is 0.497 e. The maximum absolute atomic E-state index is 5.53. The van der Waals surface area contributed by atoms with E-state index >= 15 is 0 Å². The van der Waals surface area contributed by atoms with Crippen LogP contribution in [0.3, 0.4) is 0 Å². The number of ether oxygens (including phenoxy) is 3. The highest BCUT2D eigenvalue weighted by Crippen LogP contribution is 2.15. The summed E-state index contributed by atoms with van der Waals surface area (Å²) in [4.78, 5) is 0. The van der Waals surface area contributed by atoms with Crippen molar-refractivity contribution in [2.45, 2.75) is 6.10 Å². The first-order chi connectivity index (χ1) is 7.88. The lowest BCUT2D eigenvalue weighted by Gasteiger charge is -2.23. The molecule has 1 aliphatic rings. The zero-order chi connectivity index (χ0) is 11.2. The molecule has 0 unspecified atom stereocenters. The molecule has 1 N–H and O–H groups in total. The molecule has 2 rings (SSSR count). The van der Waals surface area contributed by atoms with Crippen molar-refractivity contribution >= 4 is 5.69 Å². The number of nitrogens with one attached hydrogen (secondary N) is 1. The summed E-state index contributed by atoms with van der Waals surface area (Å²) in [6.07, 6.45) is 0.149. The predicted octanol–water partition coefficient (Wildman–Crippen LogP) is 1.52. The van der Waals surface area contributed by atoms with Crippen LogP contribution >= 0.6 is 0 Å². The van der Waals surface area contributed by atoms with Gasteiger partial charge in [0.05, 0.1) is 33.0 Å². The minimum atomic E-state index is 0.149. The SMILES string of the molecule is COc1ccc(NC[C@@H]2COCCO2)cc1. The van der Waals surface area contributed by atoms with Crippen molar-refractivity contribution in [1.29, 1.82) is 0 Å². The van der Waals surface area contributed by atoms with Gasteiger partial charge < -0.3 is 19.5 Å². The summed E-state index contributed by atoms with van der Waals surface area (Å²) in [6.45, 7) is 2.84. The van der Waals surface area contributed by atoms with Crippen LogP contribution in [0.1, 0.15) is 0 Å². The van der Waals surface area contributed by atoms with Gasteiger partial charge in [-0.3, -0.25) is 0 Å². The second kappa shape index (κ2) is 5.72. The van der Waals surface area contributed by atoms with Gasteiger partial charge in [0.2, 0.25) is 0 Å². The summed E-state index contributed by atoms with van der Waals surface area (Å²) in [7, 11) is 1.66. The van der Waals surface area contributed by atoms with E-state index in [2.05, 4.69) is 5.32 Å². The lowest BCUT2D eigenvalue weighted by atomic mass is 10.3. The van der Waals surface area contributed by atoms with Crippen molar-refractivity contribution in [3.8, 4) is 5.75 Å². The molecule has 1 heterocycles. The lowest BCUT2D eigenvalue weighted by Crippen LogP contribution is -2.34. The van der Waals surface area contributed by atoms with Gasteiger partial charge in [-0.05, 0) is 24.3 Å². The van der Waals surface area contributed by atoms with Gasteiger partial charge in [-0.15, -0.1) is 0 Å². The average molecular weight is 223 g/mol. The van der Waals surface area contributed by atoms with Crippen molar-refractivity contribution < 1.29 is 14.2 Å².